The Hall–Kier alpha value is -1.76. The number of hydrogen-bond donors (Lipinski definition) is 0. The van der Waals surface area contributed by atoms with E-state index < -0.39 is 22.0 Å². The standard InChI is InChI=1S/C17H18Cl2N2O3S/c1-12(17(22)20(2)14-7-5-4-6-8-14)21(25(3,23)24)16-11-13(18)9-10-15(16)19/h4-12H,1-3H3/t12-/m1/s1. The molecule has 0 unspecified atom stereocenters. The molecule has 5 nitrogen and oxygen atoms in total. The third kappa shape index (κ3) is 4.45. The van der Waals surface area contributed by atoms with Gasteiger partial charge in [-0.25, -0.2) is 8.42 Å². The summed E-state index contributed by atoms with van der Waals surface area (Å²) in [6.07, 6.45) is 1.02. The normalized spacial score (nSPS) is 12.5. The lowest BCUT2D eigenvalue weighted by atomic mass is 10.2. The molecule has 0 radical (unpaired) electrons. The minimum Gasteiger partial charge on any atom is -0.314 e. The Kier molecular flexibility index (Phi) is 5.98. The summed E-state index contributed by atoms with van der Waals surface area (Å²) < 4.78 is 25.7. The van der Waals surface area contributed by atoms with E-state index in [0.717, 1.165) is 10.6 Å². The molecule has 0 N–H and O–H groups in total. The van der Waals surface area contributed by atoms with Gasteiger partial charge >= 0.3 is 0 Å². The Labute approximate surface area is 157 Å². The summed E-state index contributed by atoms with van der Waals surface area (Å²) in [5.74, 6) is -0.396. The molecule has 0 spiro atoms. The van der Waals surface area contributed by atoms with Gasteiger partial charge in [-0.2, -0.15) is 0 Å². The van der Waals surface area contributed by atoms with Gasteiger partial charge in [-0.3, -0.25) is 9.10 Å². The fourth-order valence-corrected chi connectivity index (χ4v) is 4.09. The number of rotatable bonds is 5. The molecule has 0 saturated carbocycles. The Morgan fingerprint density at radius 2 is 1.68 bits per heavy atom. The highest BCUT2D eigenvalue weighted by atomic mass is 35.5. The monoisotopic (exact) mass is 400 g/mol. The van der Waals surface area contributed by atoms with Crippen LogP contribution in [0.1, 0.15) is 6.92 Å². The molecule has 1 amide bonds. The fourth-order valence-electron chi connectivity index (χ4n) is 2.49. The molecular weight excluding hydrogens is 383 g/mol. The largest absolute Gasteiger partial charge is 0.314 e. The molecule has 0 aliphatic carbocycles. The van der Waals surface area contributed by atoms with Crippen molar-refractivity contribution in [2.45, 2.75) is 13.0 Å². The highest BCUT2D eigenvalue weighted by Gasteiger charge is 2.32. The highest BCUT2D eigenvalue weighted by molar-refractivity contribution is 7.92. The second-order valence-corrected chi connectivity index (χ2v) is 8.27. The van der Waals surface area contributed by atoms with E-state index in [1.807, 2.05) is 6.07 Å². The van der Waals surface area contributed by atoms with Crippen LogP contribution in [0.4, 0.5) is 11.4 Å². The van der Waals surface area contributed by atoms with Gasteiger partial charge in [0.2, 0.25) is 15.9 Å². The lowest BCUT2D eigenvalue weighted by Crippen LogP contribution is -2.48. The summed E-state index contributed by atoms with van der Waals surface area (Å²) in [5, 5.41) is 0.515. The first kappa shape index (κ1) is 19.6. The van der Waals surface area contributed by atoms with Crippen molar-refractivity contribution in [2.75, 3.05) is 22.5 Å². The summed E-state index contributed by atoms with van der Waals surface area (Å²) in [4.78, 5) is 14.2. The van der Waals surface area contributed by atoms with Crippen molar-refractivity contribution in [2.24, 2.45) is 0 Å². The predicted molar refractivity (Wildman–Crippen MR) is 103 cm³/mol. The number of para-hydroxylation sites is 1. The van der Waals surface area contributed by atoms with E-state index in [-0.39, 0.29) is 10.7 Å². The maximum Gasteiger partial charge on any atom is 0.250 e. The summed E-state index contributed by atoms with van der Waals surface area (Å²) >= 11 is 12.1. The van der Waals surface area contributed by atoms with Crippen molar-refractivity contribution >= 4 is 50.5 Å². The number of benzene rings is 2. The number of hydrogen-bond acceptors (Lipinski definition) is 3. The quantitative estimate of drug-likeness (QED) is 0.766. The van der Waals surface area contributed by atoms with Gasteiger partial charge in [0.25, 0.3) is 0 Å². The van der Waals surface area contributed by atoms with Crippen LogP contribution in [-0.4, -0.2) is 33.7 Å². The van der Waals surface area contributed by atoms with Gasteiger partial charge in [-0.15, -0.1) is 0 Å². The minimum absolute atomic E-state index is 0.166. The van der Waals surface area contributed by atoms with E-state index in [4.69, 9.17) is 23.2 Å². The molecule has 0 fully saturated rings. The summed E-state index contributed by atoms with van der Waals surface area (Å²) in [5.41, 5.74) is 0.823. The number of carbonyl (C=O) groups is 1. The molecular formula is C17H18Cl2N2O3S. The van der Waals surface area contributed by atoms with E-state index in [9.17, 15) is 13.2 Å². The minimum atomic E-state index is -3.77. The van der Waals surface area contributed by atoms with Gasteiger partial charge in [0.05, 0.1) is 17.0 Å². The average Bonchev–Trinajstić information content (AvgIpc) is 2.56. The molecule has 134 valence electrons. The Balaban J connectivity index is 2.45. The van der Waals surface area contributed by atoms with E-state index in [1.165, 1.54) is 24.0 Å². The van der Waals surface area contributed by atoms with Crippen LogP contribution in [0.25, 0.3) is 0 Å². The van der Waals surface area contributed by atoms with Crippen LogP contribution >= 0.6 is 23.2 Å². The molecule has 0 aliphatic heterocycles. The van der Waals surface area contributed by atoms with Gasteiger partial charge in [-0.1, -0.05) is 41.4 Å². The number of carbonyl (C=O) groups excluding carboxylic acids is 1. The third-order valence-electron chi connectivity index (χ3n) is 3.69. The van der Waals surface area contributed by atoms with Crippen LogP contribution in [0.3, 0.4) is 0 Å². The molecule has 2 aromatic carbocycles. The summed E-state index contributed by atoms with van der Waals surface area (Å²) in [7, 11) is -2.18. The van der Waals surface area contributed by atoms with Crippen LogP contribution in [0.5, 0.6) is 0 Å². The van der Waals surface area contributed by atoms with Crippen LogP contribution in [-0.2, 0) is 14.8 Å². The van der Waals surface area contributed by atoms with Crippen molar-refractivity contribution < 1.29 is 13.2 Å². The summed E-state index contributed by atoms with van der Waals surface area (Å²) in [6, 6.07) is 12.4. The first-order valence-corrected chi connectivity index (χ1v) is 10.0. The maximum absolute atomic E-state index is 12.8. The molecule has 0 aliphatic rings. The molecule has 0 aromatic heterocycles. The first-order chi connectivity index (χ1) is 11.6. The zero-order chi connectivity index (χ0) is 18.8. The second-order valence-electron chi connectivity index (χ2n) is 5.56. The molecule has 0 bridgehead atoms. The molecule has 2 aromatic rings. The van der Waals surface area contributed by atoms with Crippen molar-refractivity contribution in [3.63, 3.8) is 0 Å². The number of likely N-dealkylation sites (N-methyl/N-ethyl adjacent to an activating group) is 1. The van der Waals surface area contributed by atoms with E-state index in [0.29, 0.717) is 10.7 Å². The Morgan fingerprint density at radius 3 is 2.24 bits per heavy atom. The maximum atomic E-state index is 12.8. The van der Waals surface area contributed by atoms with Gasteiger partial charge in [0.15, 0.2) is 0 Å². The Bertz CT molecular complexity index is 873. The molecule has 0 heterocycles. The molecule has 25 heavy (non-hydrogen) atoms. The number of halogens is 2. The Morgan fingerprint density at radius 1 is 1.08 bits per heavy atom. The summed E-state index contributed by atoms with van der Waals surface area (Å²) in [6.45, 7) is 1.51. The molecule has 0 saturated heterocycles. The molecule has 2 rings (SSSR count). The van der Waals surface area contributed by atoms with Crippen LogP contribution < -0.4 is 9.21 Å². The number of amides is 1. The number of anilines is 2. The first-order valence-electron chi connectivity index (χ1n) is 7.40. The topological polar surface area (TPSA) is 57.7 Å². The van der Waals surface area contributed by atoms with Gasteiger partial charge < -0.3 is 4.90 Å². The fraction of sp³-hybridized carbons (Fsp3) is 0.235. The zero-order valence-electron chi connectivity index (χ0n) is 14.0. The lowest BCUT2D eigenvalue weighted by Gasteiger charge is -2.31. The molecule has 8 heteroatoms. The second kappa shape index (κ2) is 7.64. The van der Waals surface area contributed by atoms with Crippen molar-refractivity contribution in [1.29, 1.82) is 0 Å². The number of sulfonamides is 1. The highest BCUT2D eigenvalue weighted by Crippen LogP contribution is 2.32. The van der Waals surface area contributed by atoms with Gasteiger partial charge in [-0.05, 0) is 37.3 Å². The van der Waals surface area contributed by atoms with E-state index in [1.54, 1.807) is 37.4 Å². The number of nitrogens with zero attached hydrogens (tertiary/aromatic N) is 2. The lowest BCUT2D eigenvalue weighted by molar-refractivity contribution is -0.119. The third-order valence-corrected chi connectivity index (χ3v) is 5.47. The smallest absolute Gasteiger partial charge is 0.250 e. The van der Waals surface area contributed by atoms with Gasteiger partial charge in [0.1, 0.15) is 6.04 Å². The van der Waals surface area contributed by atoms with Crippen molar-refractivity contribution in [1.82, 2.24) is 0 Å². The van der Waals surface area contributed by atoms with E-state index in [2.05, 4.69) is 0 Å². The predicted octanol–water partition coefficient (Wildman–Crippen LogP) is 3.81. The van der Waals surface area contributed by atoms with Crippen LogP contribution in [0.2, 0.25) is 10.0 Å². The van der Waals surface area contributed by atoms with Crippen LogP contribution in [0, 0.1) is 0 Å². The van der Waals surface area contributed by atoms with Crippen molar-refractivity contribution in [3.8, 4) is 0 Å². The molecule has 1 atom stereocenters. The zero-order valence-corrected chi connectivity index (χ0v) is 16.3. The van der Waals surface area contributed by atoms with Gasteiger partial charge in [0, 0.05) is 17.8 Å². The SMILES string of the molecule is C[C@H](C(=O)N(C)c1ccccc1)N(c1cc(Cl)ccc1Cl)S(C)(=O)=O. The van der Waals surface area contributed by atoms with Crippen LogP contribution in [0.15, 0.2) is 48.5 Å². The average molecular weight is 401 g/mol. The van der Waals surface area contributed by atoms with Crippen molar-refractivity contribution in [3.05, 3.63) is 58.6 Å². The van der Waals surface area contributed by atoms with E-state index >= 15 is 0 Å².